The number of amides is 1. The van der Waals surface area contributed by atoms with E-state index < -0.39 is 4.92 Å². The highest BCUT2D eigenvalue weighted by Gasteiger charge is 2.29. The van der Waals surface area contributed by atoms with Crippen molar-refractivity contribution in [3.8, 4) is 0 Å². The average Bonchev–Trinajstić information content (AvgIpc) is 2.62. The standard InChI is InChI=1S/C9H11N5O3/c1-13-3-2-7(8(13)15)12-9-10-4-6(5-11-9)14(16)17/h4-5,7H,2-3H2,1H3,(H,10,11,12). The maximum absolute atomic E-state index is 11.6. The third kappa shape index (κ3) is 2.30. The Kier molecular flexibility index (Phi) is 2.86. The summed E-state index contributed by atoms with van der Waals surface area (Å²) in [6, 6.07) is -0.346. The Labute approximate surface area is 96.8 Å². The van der Waals surface area contributed by atoms with Gasteiger partial charge in [0.05, 0.1) is 4.92 Å². The van der Waals surface area contributed by atoms with Gasteiger partial charge in [0.1, 0.15) is 18.4 Å². The molecule has 1 atom stereocenters. The molecule has 90 valence electrons. The van der Waals surface area contributed by atoms with Crippen molar-refractivity contribution in [1.82, 2.24) is 14.9 Å². The van der Waals surface area contributed by atoms with Crippen molar-refractivity contribution < 1.29 is 9.72 Å². The zero-order valence-corrected chi connectivity index (χ0v) is 9.16. The third-order valence-corrected chi connectivity index (χ3v) is 2.58. The highest BCUT2D eigenvalue weighted by Crippen LogP contribution is 2.14. The van der Waals surface area contributed by atoms with E-state index in [9.17, 15) is 14.9 Å². The predicted molar refractivity (Wildman–Crippen MR) is 58.4 cm³/mol. The van der Waals surface area contributed by atoms with Gasteiger partial charge in [-0.25, -0.2) is 9.97 Å². The minimum atomic E-state index is -0.571. The first kappa shape index (κ1) is 11.2. The van der Waals surface area contributed by atoms with Gasteiger partial charge >= 0.3 is 5.69 Å². The van der Waals surface area contributed by atoms with E-state index in [0.717, 1.165) is 12.4 Å². The van der Waals surface area contributed by atoms with E-state index in [4.69, 9.17) is 0 Å². The number of rotatable bonds is 3. The van der Waals surface area contributed by atoms with Gasteiger partial charge in [-0.15, -0.1) is 0 Å². The summed E-state index contributed by atoms with van der Waals surface area (Å²) in [5, 5.41) is 13.2. The highest BCUT2D eigenvalue weighted by atomic mass is 16.6. The molecule has 2 rings (SSSR count). The van der Waals surface area contributed by atoms with Gasteiger partial charge in [0, 0.05) is 13.6 Å². The summed E-state index contributed by atoms with van der Waals surface area (Å²) in [6.45, 7) is 0.684. The maximum atomic E-state index is 11.6. The molecule has 1 aliphatic rings. The van der Waals surface area contributed by atoms with Gasteiger partial charge in [-0.2, -0.15) is 0 Å². The largest absolute Gasteiger partial charge is 0.344 e. The number of hydrogen-bond donors (Lipinski definition) is 1. The Morgan fingerprint density at radius 3 is 2.65 bits per heavy atom. The molecule has 8 nitrogen and oxygen atoms in total. The van der Waals surface area contributed by atoms with Crippen LogP contribution in [0.2, 0.25) is 0 Å². The van der Waals surface area contributed by atoms with Gasteiger partial charge in [-0.1, -0.05) is 0 Å². The summed E-state index contributed by atoms with van der Waals surface area (Å²) < 4.78 is 0. The summed E-state index contributed by atoms with van der Waals surface area (Å²) in [5.74, 6) is 0.205. The third-order valence-electron chi connectivity index (χ3n) is 2.58. The van der Waals surface area contributed by atoms with Crippen LogP contribution in [0, 0.1) is 10.1 Å². The van der Waals surface area contributed by atoms with Crippen LogP contribution < -0.4 is 5.32 Å². The van der Waals surface area contributed by atoms with Crippen LogP contribution >= 0.6 is 0 Å². The molecule has 1 unspecified atom stereocenters. The zero-order chi connectivity index (χ0) is 12.4. The topological polar surface area (TPSA) is 101 Å². The summed E-state index contributed by atoms with van der Waals surface area (Å²) in [7, 11) is 1.72. The molecule has 0 saturated carbocycles. The highest BCUT2D eigenvalue weighted by molar-refractivity contribution is 5.86. The quantitative estimate of drug-likeness (QED) is 0.587. The number of nitrogens with one attached hydrogen (secondary N) is 1. The van der Waals surface area contributed by atoms with E-state index in [1.807, 2.05) is 0 Å². The first-order chi connectivity index (χ1) is 8.08. The lowest BCUT2D eigenvalue weighted by molar-refractivity contribution is -0.385. The van der Waals surface area contributed by atoms with E-state index in [1.165, 1.54) is 0 Å². The molecule has 0 bridgehead atoms. The molecular formula is C9H11N5O3. The van der Waals surface area contributed by atoms with Crippen LogP contribution in [-0.2, 0) is 4.79 Å². The fourth-order valence-electron chi connectivity index (χ4n) is 1.60. The second-order valence-electron chi connectivity index (χ2n) is 3.77. The van der Waals surface area contributed by atoms with Crippen molar-refractivity contribution in [2.45, 2.75) is 12.5 Å². The van der Waals surface area contributed by atoms with Crippen LogP contribution in [0.5, 0.6) is 0 Å². The smallest absolute Gasteiger partial charge is 0.305 e. The summed E-state index contributed by atoms with van der Waals surface area (Å²) >= 11 is 0. The van der Waals surface area contributed by atoms with Crippen LogP contribution in [0.1, 0.15) is 6.42 Å². The fraction of sp³-hybridized carbons (Fsp3) is 0.444. The minimum absolute atomic E-state index is 0.0213. The lowest BCUT2D eigenvalue weighted by Gasteiger charge is -2.11. The predicted octanol–water partition coefficient (Wildman–Crippen LogP) is 0.0274. The molecule has 1 fully saturated rings. The number of anilines is 1. The van der Waals surface area contributed by atoms with Crippen molar-refractivity contribution in [1.29, 1.82) is 0 Å². The number of nitrogens with zero attached hydrogens (tertiary/aromatic N) is 4. The minimum Gasteiger partial charge on any atom is -0.344 e. The molecule has 1 amide bonds. The molecule has 2 heterocycles. The van der Waals surface area contributed by atoms with Crippen LogP contribution in [0.25, 0.3) is 0 Å². The Morgan fingerprint density at radius 1 is 1.53 bits per heavy atom. The van der Waals surface area contributed by atoms with E-state index in [0.29, 0.717) is 13.0 Å². The molecule has 0 aromatic carbocycles. The van der Waals surface area contributed by atoms with Gasteiger partial charge < -0.3 is 10.2 Å². The summed E-state index contributed by atoms with van der Waals surface area (Å²) in [4.78, 5) is 30.6. The maximum Gasteiger partial charge on any atom is 0.305 e. The molecule has 0 spiro atoms. The van der Waals surface area contributed by atoms with E-state index in [2.05, 4.69) is 15.3 Å². The lowest BCUT2D eigenvalue weighted by Crippen LogP contribution is -2.31. The summed E-state index contributed by atoms with van der Waals surface area (Å²) in [5.41, 5.74) is -0.176. The Bertz CT molecular complexity index is 446. The first-order valence-corrected chi connectivity index (χ1v) is 5.06. The lowest BCUT2D eigenvalue weighted by atomic mass is 10.2. The monoisotopic (exact) mass is 237 g/mol. The van der Waals surface area contributed by atoms with E-state index in [-0.39, 0.29) is 23.6 Å². The molecule has 1 aromatic heterocycles. The Balaban J connectivity index is 2.04. The molecular weight excluding hydrogens is 226 g/mol. The van der Waals surface area contributed by atoms with Gasteiger partial charge in [0.2, 0.25) is 11.9 Å². The Morgan fingerprint density at radius 2 is 2.18 bits per heavy atom. The van der Waals surface area contributed by atoms with Crippen molar-refractivity contribution in [3.05, 3.63) is 22.5 Å². The Hall–Kier alpha value is -2.25. The van der Waals surface area contributed by atoms with Gasteiger partial charge in [0.25, 0.3) is 0 Å². The SMILES string of the molecule is CN1CCC(Nc2ncc([N+](=O)[O-])cn2)C1=O. The van der Waals surface area contributed by atoms with Crippen LogP contribution in [0.3, 0.4) is 0 Å². The normalized spacial score (nSPS) is 19.5. The molecule has 1 saturated heterocycles. The number of hydrogen-bond acceptors (Lipinski definition) is 6. The molecule has 1 aliphatic heterocycles. The van der Waals surface area contributed by atoms with Crippen LogP contribution in [0.15, 0.2) is 12.4 Å². The fourth-order valence-corrected chi connectivity index (χ4v) is 1.60. The van der Waals surface area contributed by atoms with Gasteiger partial charge in [-0.3, -0.25) is 14.9 Å². The van der Waals surface area contributed by atoms with Crippen molar-refractivity contribution in [3.63, 3.8) is 0 Å². The molecule has 1 aromatic rings. The zero-order valence-electron chi connectivity index (χ0n) is 9.16. The van der Waals surface area contributed by atoms with Crippen LogP contribution in [0.4, 0.5) is 11.6 Å². The molecule has 1 N–H and O–H groups in total. The van der Waals surface area contributed by atoms with E-state index >= 15 is 0 Å². The van der Waals surface area contributed by atoms with Crippen molar-refractivity contribution in [2.24, 2.45) is 0 Å². The summed E-state index contributed by atoms with van der Waals surface area (Å²) in [6.07, 6.45) is 2.90. The average molecular weight is 237 g/mol. The number of carbonyl (C=O) groups excluding carboxylic acids is 1. The second-order valence-corrected chi connectivity index (χ2v) is 3.77. The number of likely N-dealkylation sites (N-methyl/N-ethyl adjacent to an activating group) is 1. The van der Waals surface area contributed by atoms with Crippen molar-refractivity contribution >= 4 is 17.5 Å². The number of carbonyl (C=O) groups is 1. The van der Waals surface area contributed by atoms with Crippen LogP contribution in [-0.4, -0.2) is 45.3 Å². The first-order valence-electron chi connectivity index (χ1n) is 5.06. The molecule has 8 heteroatoms. The van der Waals surface area contributed by atoms with Crippen molar-refractivity contribution in [2.75, 3.05) is 18.9 Å². The van der Waals surface area contributed by atoms with Gasteiger partial charge in [0.15, 0.2) is 0 Å². The molecule has 0 radical (unpaired) electrons. The molecule has 0 aliphatic carbocycles. The number of likely N-dealkylation sites (tertiary alicyclic amines) is 1. The van der Waals surface area contributed by atoms with E-state index in [1.54, 1.807) is 11.9 Å². The van der Waals surface area contributed by atoms with Gasteiger partial charge in [-0.05, 0) is 6.42 Å². The second kappa shape index (κ2) is 4.32. The molecule has 17 heavy (non-hydrogen) atoms. The number of nitro groups is 1. The number of aromatic nitrogens is 2.